The fraction of sp³-hybridized carbons (Fsp3) is 0. The Balaban J connectivity index is 2.02. The van der Waals surface area contributed by atoms with Gasteiger partial charge in [-0.3, -0.25) is 0 Å². The Kier molecular flexibility index (Phi) is 3.48. The molecule has 0 saturated carbocycles. The van der Waals surface area contributed by atoms with E-state index >= 15 is 0 Å². The molecule has 3 rings (SSSR count). The van der Waals surface area contributed by atoms with E-state index in [1.807, 2.05) is 47.9 Å². The van der Waals surface area contributed by atoms with Gasteiger partial charge in [0.05, 0.1) is 10.5 Å². The predicted molar refractivity (Wildman–Crippen MR) is 84.1 cm³/mol. The first kappa shape index (κ1) is 12.6. The van der Waals surface area contributed by atoms with Gasteiger partial charge >= 0.3 is 5.97 Å². The SMILES string of the molecule is O=C1ON=C(c2cccs2)/C1=C/c1cccc(I)c1. The van der Waals surface area contributed by atoms with E-state index in [2.05, 4.69) is 27.7 Å². The van der Waals surface area contributed by atoms with Gasteiger partial charge in [0.25, 0.3) is 0 Å². The number of nitrogens with zero attached hydrogens (tertiary/aromatic N) is 1. The quantitative estimate of drug-likeness (QED) is 0.452. The van der Waals surface area contributed by atoms with Crippen molar-refractivity contribution in [1.29, 1.82) is 0 Å². The molecule has 0 aliphatic carbocycles. The van der Waals surface area contributed by atoms with Crippen molar-refractivity contribution in [3.05, 3.63) is 61.4 Å². The highest BCUT2D eigenvalue weighted by molar-refractivity contribution is 14.1. The van der Waals surface area contributed by atoms with Gasteiger partial charge < -0.3 is 4.84 Å². The average Bonchev–Trinajstić information content (AvgIpc) is 3.01. The van der Waals surface area contributed by atoms with Gasteiger partial charge in [0.2, 0.25) is 0 Å². The lowest BCUT2D eigenvalue weighted by atomic mass is 10.1. The molecule has 0 radical (unpaired) electrons. The molecule has 0 atom stereocenters. The van der Waals surface area contributed by atoms with Crippen LogP contribution >= 0.6 is 33.9 Å². The Morgan fingerprint density at radius 1 is 1.26 bits per heavy atom. The van der Waals surface area contributed by atoms with Crippen LogP contribution in [0.5, 0.6) is 0 Å². The first-order valence-electron chi connectivity index (χ1n) is 5.55. The number of oxime groups is 1. The standard InChI is InChI=1S/C14H8INO2S/c15-10-4-1-3-9(7-10)8-11-13(16-18-14(11)17)12-5-2-6-19-12/h1-8H/b11-8-. The van der Waals surface area contributed by atoms with Crippen molar-refractivity contribution in [2.24, 2.45) is 5.16 Å². The van der Waals surface area contributed by atoms with Gasteiger partial charge in [-0.2, -0.15) is 0 Å². The molecule has 5 heteroatoms. The normalized spacial score (nSPS) is 16.6. The molecular formula is C14H8INO2S. The van der Waals surface area contributed by atoms with Gasteiger partial charge in [-0.1, -0.05) is 23.4 Å². The van der Waals surface area contributed by atoms with Crippen molar-refractivity contribution in [3.8, 4) is 0 Å². The summed E-state index contributed by atoms with van der Waals surface area (Å²) in [4.78, 5) is 17.5. The van der Waals surface area contributed by atoms with E-state index in [9.17, 15) is 4.79 Å². The second-order valence-electron chi connectivity index (χ2n) is 3.91. The summed E-state index contributed by atoms with van der Waals surface area (Å²) in [5.41, 5.74) is 2.08. The van der Waals surface area contributed by atoms with Crippen LogP contribution in [-0.2, 0) is 9.63 Å². The van der Waals surface area contributed by atoms with Gasteiger partial charge in [0, 0.05) is 3.57 Å². The van der Waals surface area contributed by atoms with Crippen LogP contribution in [-0.4, -0.2) is 11.7 Å². The molecular weight excluding hydrogens is 373 g/mol. The van der Waals surface area contributed by atoms with Crippen LogP contribution in [0.1, 0.15) is 10.4 Å². The maximum Gasteiger partial charge on any atom is 0.368 e. The lowest BCUT2D eigenvalue weighted by Crippen LogP contribution is -2.05. The maximum absolute atomic E-state index is 11.8. The number of thiophene rings is 1. The summed E-state index contributed by atoms with van der Waals surface area (Å²) >= 11 is 3.77. The summed E-state index contributed by atoms with van der Waals surface area (Å²) in [5.74, 6) is -0.401. The number of carbonyl (C=O) groups excluding carboxylic acids is 1. The van der Waals surface area contributed by atoms with Gasteiger partial charge in [0.15, 0.2) is 0 Å². The van der Waals surface area contributed by atoms with Gasteiger partial charge in [-0.05, 0) is 57.8 Å². The minimum atomic E-state index is -0.401. The predicted octanol–water partition coefficient (Wildman–Crippen LogP) is 3.70. The topological polar surface area (TPSA) is 38.7 Å². The Morgan fingerprint density at radius 3 is 2.89 bits per heavy atom. The van der Waals surface area contributed by atoms with Crippen LogP contribution < -0.4 is 0 Å². The van der Waals surface area contributed by atoms with Gasteiger partial charge in [-0.25, -0.2) is 4.79 Å². The molecule has 1 aliphatic heterocycles. The van der Waals surface area contributed by atoms with E-state index in [0.717, 1.165) is 14.0 Å². The molecule has 1 aromatic heterocycles. The molecule has 0 N–H and O–H groups in total. The highest BCUT2D eigenvalue weighted by Gasteiger charge is 2.27. The molecule has 0 bridgehead atoms. The van der Waals surface area contributed by atoms with Crippen LogP contribution in [0, 0.1) is 3.57 Å². The molecule has 1 aromatic carbocycles. The molecule has 2 aromatic rings. The van der Waals surface area contributed by atoms with Crippen molar-refractivity contribution < 1.29 is 9.63 Å². The zero-order valence-corrected chi connectivity index (χ0v) is 12.6. The first-order valence-corrected chi connectivity index (χ1v) is 7.51. The molecule has 19 heavy (non-hydrogen) atoms. The third-order valence-electron chi connectivity index (χ3n) is 2.61. The third kappa shape index (κ3) is 2.62. The summed E-state index contributed by atoms with van der Waals surface area (Å²) in [7, 11) is 0. The highest BCUT2D eigenvalue weighted by atomic mass is 127. The monoisotopic (exact) mass is 381 g/mol. The van der Waals surface area contributed by atoms with Crippen molar-refractivity contribution in [3.63, 3.8) is 0 Å². The summed E-state index contributed by atoms with van der Waals surface area (Å²) in [5, 5.41) is 5.81. The van der Waals surface area contributed by atoms with E-state index in [4.69, 9.17) is 4.84 Å². The Hall–Kier alpha value is -1.47. The Labute approximate surface area is 127 Å². The molecule has 1 aliphatic rings. The molecule has 0 unspecified atom stereocenters. The lowest BCUT2D eigenvalue weighted by Gasteiger charge is -1.98. The second kappa shape index (κ2) is 5.26. The molecule has 0 fully saturated rings. The van der Waals surface area contributed by atoms with E-state index in [1.165, 1.54) is 11.3 Å². The number of carbonyl (C=O) groups is 1. The number of hydrogen-bond donors (Lipinski definition) is 0. The summed E-state index contributed by atoms with van der Waals surface area (Å²) in [6.45, 7) is 0. The fourth-order valence-corrected chi connectivity index (χ4v) is 3.05. The third-order valence-corrected chi connectivity index (χ3v) is 4.16. The lowest BCUT2D eigenvalue weighted by molar-refractivity contribution is -0.136. The molecule has 2 heterocycles. The van der Waals surface area contributed by atoms with Crippen molar-refractivity contribution in [2.45, 2.75) is 0 Å². The van der Waals surface area contributed by atoms with Crippen LogP contribution in [0.4, 0.5) is 0 Å². The van der Waals surface area contributed by atoms with Crippen molar-refractivity contribution in [1.82, 2.24) is 0 Å². The summed E-state index contributed by atoms with van der Waals surface area (Å²) < 4.78 is 1.12. The number of hydrogen-bond acceptors (Lipinski definition) is 4. The fourth-order valence-electron chi connectivity index (χ4n) is 1.76. The average molecular weight is 381 g/mol. The van der Waals surface area contributed by atoms with Crippen molar-refractivity contribution in [2.75, 3.05) is 0 Å². The van der Waals surface area contributed by atoms with Crippen LogP contribution in [0.2, 0.25) is 0 Å². The molecule has 0 spiro atoms. The number of rotatable bonds is 2. The van der Waals surface area contributed by atoms with E-state index in [1.54, 1.807) is 0 Å². The second-order valence-corrected chi connectivity index (χ2v) is 6.10. The van der Waals surface area contributed by atoms with Crippen LogP contribution in [0.15, 0.2) is 52.5 Å². The zero-order valence-electron chi connectivity index (χ0n) is 9.67. The summed E-state index contributed by atoms with van der Waals surface area (Å²) in [6.07, 6.45) is 1.82. The molecule has 0 saturated heterocycles. The van der Waals surface area contributed by atoms with E-state index < -0.39 is 5.97 Å². The maximum atomic E-state index is 11.8. The first-order chi connectivity index (χ1) is 9.24. The van der Waals surface area contributed by atoms with E-state index in [-0.39, 0.29) is 0 Å². The Morgan fingerprint density at radius 2 is 2.16 bits per heavy atom. The number of halogens is 1. The zero-order chi connectivity index (χ0) is 13.2. The van der Waals surface area contributed by atoms with Gasteiger partial charge in [-0.15, -0.1) is 11.3 Å². The molecule has 94 valence electrons. The number of benzene rings is 1. The Bertz CT molecular complexity index is 689. The minimum Gasteiger partial charge on any atom is -0.312 e. The molecule has 3 nitrogen and oxygen atoms in total. The van der Waals surface area contributed by atoms with Crippen LogP contribution in [0.25, 0.3) is 6.08 Å². The van der Waals surface area contributed by atoms with Crippen LogP contribution in [0.3, 0.4) is 0 Å². The smallest absolute Gasteiger partial charge is 0.312 e. The minimum absolute atomic E-state index is 0.401. The largest absolute Gasteiger partial charge is 0.368 e. The van der Waals surface area contributed by atoms with E-state index in [0.29, 0.717) is 11.3 Å². The molecule has 0 amide bonds. The summed E-state index contributed by atoms with van der Waals surface area (Å²) in [6, 6.07) is 11.8. The van der Waals surface area contributed by atoms with Crippen molar-refractivity contribution >= 4 is 51.7 Å². The highest BCUT2D eigenvalue weighted by Crippen LogP contribution is 2.23. The van der Waals surface area contributed by atoms with Gasteiger partial charge in [0.1, 0.15) is 5.71 Å².